The fourth-order valence-corrected chi connectivity index (χ4v) is 2.93. The Morgan fingerprint density at radius 3 is 2.62 bits per heavy atom. The summed E-state index contributed by atoms with van der Waals surface area (Å²) in [5.74, 6) is 0.545. The topological polar surface area (TPSA) is 69.3 Å². The lowest BCUT2D eigenvalue weighted by Crippen LogP contribution is -2.25. The van der Waals surface area contributed by atoms with Crippen LogP contribution in [-0.4, -0.2) is 22.8 Å². The third kappa shape index (κ3) is 3.89. The molecule has 0 bridgehead atoms. The number of carbonyl (C=O) groups excluding carboxylic acids is 1. The first-order chi connectivity index (χ1) is 14.2. The maximum Gasteiger partial charge on any atom is 0.270 e. The van der Waals surface area contributed by atoms with E-state index in [1.165, 1.54) is 10.7 Å². The van der Waals surface area contributed by atoms with Crippen LogP contribution in [0.25, 0.3) is 16.9 Å². The van der Waals surface area contributed by atoms with Gasteiger partial charge in [0.25, 0.3) is 5.91 Å². The van der Waals surface area contributed by atoms with Crippen LogP contribution in [0, 0.1) is 5.82 Å². The summed E-state index contributed by atoms with van der Waals surface area (Å²) in [5, 5.41) is 7.29. The third-order valence-electron chi connectivity index (χ3n) is 4.41. The van der Waals surface area contributed by atoms with E-state index in [9.17, 15) is 9.18 Å². The van der Waals surface area contributed by atoms with Gasteiger partial charge in [0.05, 0.1) is 31.3 Å². The number of amides is 1. The molecule has 2 heterocycles. The minimum absolute atomic E-state index is 0.231. The number of benzene rings is 2. The zero-order valence-electron chi connectivity index (χ0n) is 15.6. The fourth-order valence-electron chi connectivity index (χ4n) is 2.93. The van der Waals surface area contributed by atoms with Crippen LogP contribution in [0.2, 0.25) is 0 Å². The van der Waals surface area contributed by atoms with E-state index in [0.717, 1.165) is 0 Å². The van der Waals surface area contributed by atoms with Gasteiger partial charge in [0.2, 0.25) is 0 Å². The number of nitrogens with one attached hydrogen (secondary N) is 1. The van der Waals surface area contributed by atoms with Gasteiger partial charge < -0.3 is 14.5 Å². The molecule has 0 saturated carbocycles. The SMILES string of the molecule is COc1ccc(-n2nc(-c3ccccc3F)cc2C(=O)NCc2ccco2)cc1. The Morgan fingerprint density at radius 1 is 1.14 bits per heavy atom. The minimum Gasteiger partial charge on any atom is -0.497 e. The van der Waals surface area contributed by atoms with E-state index in [0.29, 0.717) is 28.5 Å². The molecule has 6 nitrogen and oxygen atoms in total. The van der Waals surface area contributed by atoms with E-state index in [-0.39, 0.29) is 18.1 Å². The van der Waals surface area contributed by atoms with E-state index >= 15 is 0 Å². The van der Waals surface area contributed by atoms with E-state index in [1.807, 2.05) is 0 Å². The molecule has 0 fully saturated rings. The summed E-state index contributed by atoms with van der Waals surface area (Å²) < 4.78 is 26.2. The number of rotatable bonds is 6. The van der Waals surface area contributed by atoms with Gasteiger partial charge in [-0.15, -0.1) is 0 Å². The molecule has 29 heavy (non-hydrogen) atoms. The molecule has 1 N–H and O–H groups in total. The average molecular weight is 391 g/mol. The number of nitrogens with zero attached hydrogens (tertiary/aromatic N) is 2. The monoisotopic (exact) mass is 391 g/mol. The van der Waals surface area contributed by atoms with Gasteiger partial charge >= 0.3 is 0 Å². The summed E-state index contributed by atoms with van der Waals surface area (Å²) in [4.78, 5) is 12.9. The van der Waals surface area contributed by atoms with Crippen molar-refractivity contribution in [2.75, 3.05) is 7.11 Å². The van der Waals surface area contributed by atoms with Crippen molar-refractivity contribution >= 4 is 5.91 Å². The number of aromatic nitrogens is 2. The molecule has 0 aliphatic carbocycles. The summed E-state index contributed by atoms with van der Waals surface area (Å²) in [6.07, 6.45) is 1.54. The Bertz CT molecular complexity index is 1120. The second kappa shape index (κ2) is 8.02. The Morgan fingerprint density at radius 2 is 1.93 bits per heavy atom. The van der Waals surface area contributed by atoms with Crippen molar-refractivity contribution in [1.29, 1.82) is 0 Å². The van der Waals surface area contributed by atoms with Crippen molar-refractivity contribution in [2.24, 2.45) is 0 Å². The van der Waals surface area contributed by atoms with Crippen LogP contribution in [-0.2, 0) is 6.54 Å². The largest absolute Gasteiger partial charge is 0.497 e. The van der Waals surface area contributed by atoms with Crippen LogP contribution < -0.4 is 10.1 Å². The number of carbonyl (C=O) groups is 1. The second-order valence-electron chi connectivity index (χ2n) is 6.27. The lowest BCUT2D eigenvalue weighted by Gasteiger charge is -2.08. The Labute approximate surface area is 166 Å². The Balaban J connectivity index is 1.72. The van der Waals surface area contributed by atoms with Crippen molar-refractivity contribution in [1.82, 2.24) is 15.1 Å². The number of halogens is 1. The molecule has 4 aromatic rings. The van der Waals surface area contributed by atoms with Gasteiger partial charge in [-0.05, 0) is 54.6 Å². The molecular weight excluding hydrogens is 373 g/mol. The van der Waals surface area contributed by atoms with Crippen molar-refractivity contribution in [3.05, 3.63) is 90.3 Å². The van der Waals surface area contributed by atoms with E-state index < -0.39 is 5.82 Å². The molecule has 1 amide bonds. The molecule has 2 aromatic heterocycles. The summed E-state index contributed by atoms with van der Waals surface area (Å²) in [5.41, 5.74) is 1.61. The first-order valence-electron chi connectivity index (χ1n) is 8.95. The van der Waals surface area contributed by atoms with Crippen molar-refractivity contribution < 1.29 is 18.3 Å². The molecule has 0 unspecified atom stereocenters. The smallest absolute Gasteiger partial charge is 0.270 e. The maximum atomic E-state index is 14.3. The van der Waals surface area contributed by atoms with Crippen LogP contribution in [0.5, 0.6) is 5.75 Å². The molecule has 0 spiro atoms. The highest BCUT2D eigenvalue weighted by molar-refractivity contribution is 5.94. The molecule has 0 aliphatic heterocycles. The summed E-state index contributed by atoms with van der Waals surface area (Å²) >= 11 is 0. The van der Waals surface area contributed by atoms with Crippen molar-refractivity contribution in [3.63, 3.8) is 0 Å². The highest BCUT2D eigenvalue weighted by Crippen LogP contribution is 2.25. The number of ether oxygens (including phenoxy) is 1. The zero-order chi connectivity index (χ0) is 20.2. The predicted octanol–water partition coefficient (Wildman–Crippen LogP) is 4.21. The quantitative estimate of drug-likeness (QED) is 0.535. The van der Waals surface area contributed by atoms with Gasteiger partial charge in [0, 0.05) is 5.56 Å². The molecule has 146 valence electrons. The Hall–Kier alpha value is -3.87. The summed E-state index contributed by atoms with van der Waals surface area (Å²) in [7, 11) is 1.58. The number of furan rings is 1. The van der Waals surface area contributed by atoms with Crippen LogP contribution in [0.4, 0.5) is 4.39 Å². The van der Waals surface area contributed by atoms with Crippen molar-refractivity contribution in [2.45, 2.75) is 6.54 Å². The fraction of sp³-hybridized carbons (Fsp3) is 0.0909. The van der Waals surface area contributed by atoms with Gasteiger partial charge in [-0.3, -0.25) is 4.79 Å². The lowest BCUT2D eigenvalue weighted by molar-refractivity contribution is 0.0940. The first-order valence-corrected chi connectivity index (χ1v) is 8.95. The standard InChI is InChI=1S/C22H18FN3O3/c1-28-16-10-8-15(9-11-16)26-21(22(27)24-14-17-5-4-12-29-17)13-20(25-26)18-6-2-3-7-19(18)23/h2-13H,14H2,1H3,(H,24,27). The number of hydrogen-bond donors (Lipinski definition) is 1. The zero-order valence-corrected chi connectivity index (χ0v) is 15.6. The van der Waals surface area contributed by atoms with Gasteiger partial charge in [-0.25, -0.2) is 9.07 Å². The second-order valence-corrected chi connectivity index (χ2v) is 6.27. The Kier molecular flexibility index (Phi) is 5.11. The molecule has 0 aliphatic rings. The molecular formula is C22H18FN3O3. The summed E-state index contributed by atoms with van der Waals surface area (Å²) in [6.45, 7) is 0.231. The average Bonchev–Trinajstić information content (AvgIpc) is 3.43. The molecule has 0 saturated heterocycles. The highest BCUT2D eigenvalue weighted by Gasteiger charge is 2.19. The van der Waals surface area contributed by atoms with E-state index in [1.54, 1.807) is 74.0 Å². The van der Waals surface area contributed by atoms with Crippen LogP contribution in [0.15, 0.2) is 77.4 Å². The highest BCUT2D eigenvalue weighted by atomic mass is 19.1. The molecule has 2 aromatic carbocycles. The van der Waals surface area contributed by atoms with Crippen LogP contribution >= 0.6 is 0 Å². The number of methoxy groups -OCH3 is 1. The molecule has 4 rings (SSSR count). The number of hydrogen-bond acceptors (Lipinski definition) is 4. The van der Waals surface area contributed by atoms with Gasteiger partial charge in [0.15, 0.2) is 0 Å². The normalized spacial score (nSPS) is 10.7. The molecule has 7 heteroatoms. The van der Waals surface area contributed by atoms with Gasteiger partial charge in [0.1, 0.15) is 23.0 Å². The predicted molar refractivity (Wildman–Crippen MR) is 105 cm³/mol. The minimum atomic E-state index is -0.408. The van der Waals surface area contributed by atoms with E-state index in [4.69, 9.17) is 9.15 Å². The molecule has 0 atom stereocenters. The van der Waals surface area contributed by atoms with Crippen molar-refractivity contribution in [3.8, 4) is 22.7 Å². The van der Waals surface area contributed by atoms with Gasteiger partial charge in [-0.2, -0.15) is 5.10 Å². The molecule has 0 radical (unpaired) electrons. The first kappa shape index (κ1) is 18.5. The lowest BCUT2D eigenvalue weighted by atomic mass is 10.1. The maximum absolute atomic E-state index is 14.3. The third-order valence-corrected chi connectivity index (χ3v) is 4.41. The van der Waals surface area contributed by atoms with Gasteiger partial charge in [-0.1, -0.05) is 12.1 Å². The van der Waals surface area contributed by atoms with E-state index in [2.05, 4.69) is 10.4 Å². The summed E-state index contributed by atoms with van der Waals surface area (Å²) in [6, 6.07) is 18.5. The van der Waals surface area contributed by atoms with Crippen LogP contribution in [0.1, 0.15) is 16.2 Å². The van der Waals surface area contributed by atoms with Crippen LogP contribution in [0.3, 0.4) is 0 Å².